The van der Waals surface area contributed by atoms with Crippen LogP contribution in [0.3, 0.4) is 0 Å². The second-order valence-electron chi connectivity index (χ2n) is 7.34. The molecule has 0 spiro atoms. The van der Waals surface area contributed by atoms with Crippen LogP contribution >= 0.6 is 22.9 Å². The fraction of sp³-hybridized carbons (Fsp3) is 0.115. The van der Waals surface area contributed by atoms with Crippen molar-refractivity contribution >= 4 is 45.6 Å². The molecule has 178 valence electrons. The minimum absolute atomic E-state index is 0.0440. The molecule has 2 heterocycles. The van der Waals surface area contributed by atoms with Gasteiger partial charge in [0.05, 0.1) is 12.9 Å². The van der Waals surface area contributed by atoms with Crippen LogP contribution in [-0.2, 0) is 4.74 Å². The summed E-state index contributed by atoms with van der Waals surface area (Å²) >= 11 is 7.20. The van der Waals surface area contributed by atoms with Gasteiger partial charge in [0, 0.05) is 21.5 Å². The van der Waals surface area contributed by atoms with Crippen LogP contribution < -0.4 is 10.6 Å². The normalized spacial score (nSPS) is 11.5. The molecule has 0 aliphatic heterocycles. The number of thiophene rings is 1. The smallest absolute Gasteiger partial charge is 0.341 e. The van der Waals surface area contributed by atoms with Crippen LogP contribution in [0.25, 0.3) is 11.1 Å². The van der Waals surface area contributed by atoms with Crippen LogP contribution in [0, 0.1) is 0 Å². The van der Waals surface area contributed by atoms with Crippen LogP contribution in [0.1, 0.15) is 38.2 Å². The number of hydrogen-bond donors (Lipinski definition) is 2. The SMILES string of the molecule is CCOC(=O)c1c(-c2ccccc2)csc1N[C@@H](NC(=O)c1ccco1)C(=O)c1ccc(Cl)cc1. The Morgan fingerprint density at radius 3 is 2.43 bits per heavy atom. The topological polar surface area (TPSA) is 97.6 Å². The molecule has 7 nitrogen and oxygen atoms in total. The van der Waals surface area contributed by atoms with Gasteiger partial charge in [-0.15, -0.1) is 11.3 Å². The van der Waals surface area contributed by atoms with Crippen molar-refractivity contribution in [1.29, 1.82) is 0 Å². The Hall–Kier alpha value is -3.88. The number of ether oxygens (including phenoxy) is 1. The minimum atomic E-state index is -1.20. The maximum Gasteiger partial charge on any atom is 0.341 e. The van der Waals surface area contributed by atoms with E-state index in [1.165, 1.54) is 23.7 Å². The van der Waals surface area contributed by atoms with Gasteiger partial charge in [-0.25, -0.2) is 4.79 Å². The van der Waals surface area contributed by atoms with Crippen LogP contribution in [0.4, 0.5) is 5.00 Å². The third-order valence-corrected chi connectivity index (χ3v) is 6.21. The number of amides is 1. The van der Waals surface area contributed by atoms with E-state index in [9.17, 15) is 14.4 Å². The lowest BCUT2D eigenvalue weighted by Crippen LogP contribution is -2.46. The first-order valence-electron chi connectivity index (χ1n) is 10.7. The Kier molecular flexibility index (Phi) is 7.64. The molecule has 0 fully saturated rings. The van der Waals surface area contributed by atoms with E-state index in [0.29, 0.717) is 21.2 Å². The molecule has 9 heteroatoms. The third-order valence-electron chi connectivity index (χ3n) is 5.04. The molecule has 0 aliphatic rings. The first kappa shape index (κ1) is 24.3. The van der Waals surface area contributed by atoms with Gasteiger partial charge in [-0.3, -0.25) is 9.59 Å². The number of carbonyl (C=O) groups is 3. The Labute approximate surface area is 210 Å². The monoisotopic (exact) mass is 508 g/mol. The van der Waals surface area contributed by atoms with Gasteiger partial charge >= 0.3 is 5.97 Å². The number of Topliss-reactive ketones (excluding diaryl/α,β-unsaturated/α-hetero) is 1. The number of nitrogens with one attached hydrogen (secondary N) is 2. The summed E-state index contributed by atoms with van der Waals surface area (Å²) in [7, 11) is 0. The highest BCUT2D eigenvalue weighted by molar-refractivity contribution is 7.15. The summed E-state index contributed by atoms with van der Waals surface area (Å²) in [5.74, 6) is -1.51. The largest absolute Gasteiger partial charge is 0.462 e. The van der Waals surface area contributed by atoms with Crippen molar-refractivity contribution in [2.45, 2.75) is 13.1 Å². The summed E-state index contributed by atoms with van der Waals surface area (Å²) in [4.78, 5) is 39.1. The number of halogens is 1. The van der Waals surface area contributed by atoms with E-state index < -0.39 is 23.8 Å². The van der Waals surface area contributed by atoms with Crippen molar-refractivity contribution in [2.75, 3.05) is 11.9 Å². The Balaban J connectivity index is 1.72. The average Bonchev–Trinajstić information content (AvgIpc) is 3.55. The standard InChI is InChI=1S/C26H21ClN2O5S/c1-2-33-26(32)21-19(16-7-4-3-5-8-16)15-35-25(21)29-23(28-24(31)20-9-6-14-34-20)22(30)17-10-12-18(27)13-11-17/h3-15,23,29H,2H2,1H3,(H,28,31)/t23-/m1/s1. The van der Waals surface area contributed by atoms with Gasteiger partial charge in [0.2, 0.25) is 5.78 Å². The number of benzene rings is 2. The molecular weight excluding hydrogens is 488 g/mol. The van der Waals surface area contributed by atoms with Crippen LogP contribution in [-0.4, -0.2) is 30.4 Å². The third kappa shape index (κ3) is 5.62. The molecule has 0 saturated heterocycles. The van der Waals surface area contributed by atoms with Gasteiger partial charge in [0.15, 0.2) is 11.9 Å². The van der Waals surface area contributed by atoms with E-state index in [1.807, 2.05) is 35.7 Å². The Morgan fingerprint density at radius 1 is 1.03 bits per heavy atom. The summed E-state index contributed by atoms with van der Waals surface area (Å²) in [6, 6.07) is 18.7. The Bertz CT molecular complexity index is 1320. The van der Waals surface area contributed by atoms with Crippen molar-refractivity contribution in [2.24, 2.45) is 0 Å². The molecule has 2 N–H and O–H groups in total. The second kappa shape index (κ2) is 11.0. The quantitative estimate of drug-likeness (QED) is 0.166. The van der Waals surface area contributed by atoms with Gasteiger partial charge in [0.25, 0.3) is 5.91 Å². The second-order valence-corrected chi connectivity index (χ2v) is 8.66. The van der Waals surface area contributed by atoms with Crippen molar-refractivity contribution in [3.05, 3.63) is 100 Å². The first-order valence-corrected chi connectivity index (χ1v) is 12.0. The maximum atomic E-state index is 13.4. The van der Waals surface area contributed by atoms with Gasteiger partial charge in [0.1, 0.15) is 10.6 Å². The molecule has 2 aromatic carbocycles. The zero-order valence-corrected chi connectivity index (χ0v) is 20.2. The molecule has 0 unspecified atom stereocenters. The summed E-state index contributed by atoms with van der Waals surface area (Å²) in [6.45, 7) is 1.90. The van der Waals surface area contributed by atoms with Crippen LogP contribution in [0.2, 0.25) is 5.02 Å². The summed E-state index contributed by atoms with van der Waals surface area (Å²) in [6.07, 6.45) is 0.159. The van der Waals surface area contributed by atoms with E-state index in [-0.39, 0.29) is 17.9 Å². The lowest BCUT2D eigenvalue weighted by Gasteiger charge is -2.20. The molecular formula is C26H21ClN2O5S. The summed E-state index contributed by atoms with van der Waals surface area (Å²) < 4.78 is 10.5. The van der Waals surface area contributed by atoms with Crippen molar-refractivity contribution in [1.82, 2.24) is 5.32 Å². The number of furan rings is 1. The van der Waals surface area contributed by atoms with E-state index >= 15 is 0 Å². The van der Waals surface area contributed by atoms with E-state index in [1.54, 1.807) is 37.3 Å². The Morgan fingerprint density at radius 2 is 1.77 bits per heavy atom. The zero-order chi connectivity index (χ0) is 24.8. The molecule has 4 aromatic rings. The number of carbonyl (C=O) groups excluding carboxylic acids is 3. The number of anilines is 1. The maximum absolute atomic E-state index is 13.4. The fourth-order valence-electron chi connectivity index (χ4n) is 3.39. The molecule has 1 amide bonds. The molecule has 1 atom stereocenters. The van der Waals surface area contributed by atoms with Gasteiger partial charge in [-0.1, -0.05) is 41.9 Å². The lowest BCUT2D eigenvalue weighted by molar-refractivity contribution is 0.0528. The molecule has 0 bridgehead atoms. The highest BCUT2D eigenvalue weighted by atomic mass is 35.5. The summed E-state index contributed by atoms with van der Waals surface area (Å²) in [5.41, 5.74) is 2.08. The number of esters is 1. The van der Waals surface area contributed by atoms with Gasteiger partial charge in [-0.2, -0.15) is 0 Å². The summed E-state index contributed by atoms with van der Waals surface area (Å²) in [5, 5.41) is 8.37. The first-order chi connectivity index (χ1) is 17.0. The van der Waals surface area contributed by atoms with Crippen LogP contribution in [0.5, 0.6) is 0 Å². The number of ketones is 1. The van der Waals surface area contributed by atoms with E-state index in [0.717, 1.165) is 5.56 Å². The van der Waals surface area contributed by atoms with Gasteiger partial charge < -0.3 is 19.8 Å². The van der Waals surface area contributed by atoms with Crippen molar-refractivity contribution in [3.8, 4) is 11.1 Å². The van der Waals surface area contributed by atoms with E-state index in [4.69, 9.17) is 20.8 Å². The van der Waals surface area contributed by atoms with Crippen molar-refractivity contribution in [3.63, 3.8) is 0 Å². The van der Waals surface area contributed by atoms with Gasteiger partial charge in [-0.05, 0) is 48.9 Å². The average molecular weight is 509 g/mol. The lowest BCUT2D eigenvalue weighted by atomic mass is 10.0. The molecule has 0 saturated carbocycles. The highest BCUT2D eigenvalue weighted by Gasteiger charge is 2.28. The van der Waals surface area contributed by atoms with Crippen LogP contribution in [0.15, 0.2) is 82.8 Å². The molecule has 2 aromatic heterocycles. The zero-order valence-electron chi connectivity index (χ0n) is 18.6. The number of rotatable bonds is 9. The van der Waals surface area contributed by atoms with Crippen molar-refractivity contribution < 1.29 is 23.5 Å². The predicted molar refractivity (Wildman–Crippen MR) is 135 cm³/mol. The highest BCUT2D eigenvalue weighted by Crippen LogP contribution is 2.36. The molecule has 4 rings (SSSR count). The predicted octanol–water partition coefficient (Wildman–Crippen LogP) is 5.89. The number of hydrogen-bond acceptors (Lipinski definition) is 7. The van der Waals surface area contributed by atoms with E-state index in [2.05, 4.69) is 10.6 Å². The minimum Gasteiger partial charge on any atom is -0.462 e. The fourth-order valence-corrected chi connectivity index (χ4v) is 4.50. The molecule has 0 radical (unpaired) electrons. The molecule has 0 aliphatic carbocycles. The molecule has 35 heavy (non-hydrogen) atoms.